The van der Waals surface area contributed by atoms with E-state index in [1.807, 2.05) is 0 Å². The van der Waals surface area contributed by atoms with Gasteiger partial charge in [0.2, 0.25) is 0 Å². The molecule has 0 fully saturated rings. The van der Waals surface area contributed by atoms with Gasteiger partial charge in [-0.05, 0) is 15.9 Å². The Morgan fingerprint density at radius 3 is 2.83 bits per heavy atom. The fourth-order valence-electron chi connectivity index (χ4n) is 0.631. The van der Waals surface area contributed by atoms with E-state index in [0.717, 1.165) is 0 Å². The molecule has 12 heavy (non-hydrogen) atoms. The Hall–Kier alpha value is -0.620. The lowest BCUT2D eigenvalue weighted by Crippen LogP contribution is -2.02. The Balaban J connectivity index is 2.99. The Morgan fingerprint density at radius 1 is 1.75 bits per heavy atom. The van der Waals surface area contributed by atoms with Gasteiger partial charge in [0.05, 0.1) is 7.11 Å². The topological polar surface area (TPSA) is 51.2 Å². The molecule has 4 nitrogen and oxygen atoms in total. The molecule has 0 aliphatic rings. The number of ether oxygens (including phenoxy) is 1. The number of nitrogens with zero attached hydrogens (tertiary/aromatic N) is 1. The molecule has 1 aromatic rings. The molecule has 0 saturated heterocycles. The van der Waals surface area contributed by atoms with E-state index in [-0.39, 0.29) is 0 Å². The quantitative estimate of drug-likeness (QED) is 0.813. The minimum Gasteiger partial charge on any atom is -0.464 e. The maximum Gasteiger partial charge on any atom is 0.358 e. The summed E-state index contributed by atoms with van der Waals surface area (Å²) in [4.78, 5) is 15.0. The van der Waals surface area contributed by atoms with Gasteiger partial charge in [0.1, 0.15) is 3.79 Å². The Morgan fingerprint density at radius 2 is 2.42 bits per heavy atom. The lowest BCUT2D eigenvalue weighted by Gasteiger charge is -1.92. The largest absolute Gasteiger partial charge is 0.464 e. The molecule has 1 N–H and O–H groups in total. The van der Waals surface area contributed by atoms with Gasteiger partial charge in [0.15, 0.2) is 10.8 Å². The third-order valence-corrected chi connectivity index (χ3v) is 2.90. The van der Waals surface area contributed by atoms with E-state index in [4.69, 9.17) is 0 Å². The number of anilines is 1. The van der Waals surface area contributed by atoms with Gasteiger partial charge in [-0.25, -0.2) is 9.78 Å². The molecule has 0 aromatic carbocycles. The average molecular weight is 251 g/mol. The normalized spacial score (nSPS) is 9.58. The summed E-state index contributed by atoms with van der Waals surface area (Å²) in [5.74, 6) is -0.431. The standard InChI is InChI=1S/C6H7BrN2O2S/c1-8-6-9-3(4(7)12-6)5(10)11-2/h1-2H3,(H,8,9). The molecule has 0 unspecified atom stereocenters. The fourth-order valence-corrected chi connectivity index (χ4v) is 1.98. The van der Waals surface area contributed by atoms with Crippen molar-refractivity contribution < 1.29 is 9.53 Å². The van der Waals surface area contributed by atoms with Crippen molar-refractivity contribution in [3.05, 3.63) is 9.48 Å². The van der Waals surface area contributed by atoms with Crippen molar-refractivity contribution in [2.24, 2.45) is 0 Å². The molecule has 0 atom stereocenters. The van der Waals surface area contributed by atoms with E-state index in [0.29, 0.717) is 14.6 Å². The summed E-state index contributed by atoms with van der Waals surface area (Å²) in [7, 11) is 3.07. The van der Waals surface area contributed by atoms with Crippen LogP contribution in [0.2, 0.25) is 0 Å². The lowest BCUT2D eigenvalue weighted by molar-refractivity contribution is 0.0594. The number of carbonyl (C=O) groups is 1. The van der Waals surface area contributed by atoms with Crippen LogP contribution in [0.25, 0.3) is 0 Å². The highest BCUT2D eigenvalue weighted by Gasteiger charge is 2.15. The second-order valence-corrected chi connectivity index (χ2v) is 4.20. The van der Waals surface area contributed by atoms with E-state index >= 15 is 0 Å². The van der Waals surface area contributed by atoms with E-state index in [1.54, 1.807) is 7.05 Å². The van der Waals surface area contributed by atoms with Crippen molar-refractivity contribution in [2.45, 2.75) is 0 Å². The van der Waals surface area contributed by atoms with Gasteiger partial charge in [-0.3, -0.25) is 0 Å². The molecule has 1 heterocycles. The predicted octanol–water partition coefficient (Wildman–Crippen LogP) is 1.73. The lowest BCUT2D eigenvalue weighted by atomic mass is 10.5. The number of hydrogen-bond donors (Lipinski definition) is 1. The predicted molar refractivity (Wildman–Crippen MR) is 50.7 cm³/mol. The van der Waals surface area contributed by atoms with Crippen LogP contribution < -0.4 is 5.32 Å². The third-order valence-electron chi connectivity index (χ3n) is 1.18. The number of methoxy groups -OCH3 is 1. The molecule has 0 aliphatic heterocycles. The number of carbonyl (C=O) groups excluding carboxylic acids is 1. The van der Waals surface area contributed by atoms with Crippen LogP contribution in [0.15, 0.2) is 3.79 Å². The Labute approximate surface area is 82.1 Å². The monoisotopic (exact) mass is 250 g/mol. The molecular formula is C6H7BrN2O2S. The van der Waals surface area contributed by atoms with Crippen molar-refractivity contribution >= 4 is 38.4 Å². The van der Waals surface area contributed by atoms with Crippen molar-refractivity contribution in [1.82, 2.24) is 4.98 Å². The van der Waals surface area contributed by atoms with Crippen LogP contribution >= 0.6 is 27.3 Å². The molecule has 0 aliphatic carbocycles. The number of aromatic nitrogens is 1. The van der Waals surface area contributed by atoms with Crippen molar-refractivity contribution in [2.75, 3.05) is 19.5 Å². The SMILES string of the molecule is CNc1nc(C(=O)OC)c(Br)s1. The maximum atomic E-state index is 11.0. The molecule has 0 spiro atoms. The number of halogens is 1. The van der Waals surface area contributed by atoms with E-state index in [9.17, 15) is 4.79 Å². The van der Waals surface area contributed by atoms with Crippen LogP contribution in [0.1, 0.15) is 10.5 Å². The van der Waals surface area contributed by atoms with Crippen LogP contribution in [0.3, 0.4) is 0 Å². The molecule has 0 amide bonds. The molecule has 0 saturated carbocycles. The summed E-state index contributed by atoms with van der Waals surface area (Å²) < 4.78 is 5.20. The number of rotatable bonds is 2. The van der Waals surface area contributed by atoms with Crippen LogP contribution in [0, 0.1) is 0 Å². The first-order chi connectivity index (χ1) is 5.69. The van der Waals surface area contributed by atoms with Gasteiger partial charge in [0, 0.05) is 7.05 Å². The van der Waals surface area contributed by atoms with Crippen LogP contribution in [0.5, 0.6) is 0 Å². The molecule has 66 valence electrons. The van der Waals surface area contributed by atoms with E-state index in [1.165, 1.54) is 18.4 Å². The highest BCUT2D eigenvalue weighted by molar-refractivity contribution is 9.11. The second kappa shape index (κ2) is 3.86. The number of esters is 1. The first kappa shape index (κ1) is 9.47. The summed E-state index contributed by atoms with van der Waals surface area (Å²) in [5.41, 5.74) is 0.312. The van der Waals surface area contributed by atoms with Crippen molar-refractivity contribution in [3.63, 3.8) is 0 Å². The highest BCUT2D eigenvalue weighted by Crippen LogP contribution is 2.28. The van der Waals surface area contributed by atoms with Gasteiger partial charge < -0.3 is 10.1 Å². The summed E-state index contributed by atoms with van der Waals surface area (Å²) in [6.07, 6.45) is 0. The zero-order valence-electron chi connectivity index (χ0n) is 6.55. The van der Waals surface area contributed by atoms with Gasteiger partial charge in [-0.2, -0.15) is 0 Å². The first-order valence-electron chi connectivity index (χ1n) is 3.11. The summed E-state index contributed by atoms with van der Waals surface area (Å²) >= 11 is 4.57. The number of nitrogens with one attached hydrogen (secondary N) is 1. The maximum absolute atomic E-state index is 11.0. The van der Waals surface area contributed by atoms with Gasteiger partial charge in [-0.1, -0.05) is 11.3 Å². The van der Waals surface area contributed by atoms with Crippen molar-refractivity contribution in [3.8, 4) is 0 Å². The number of hydrogen-bond acceptors (Lipinski definition) is 5. The molecule has 0 bridgehead atoms. The summed E-state index contributed by atoms with van der Waals surface area (Å²) in [5, 5.41) is 3.52. The Kier molecular flexibility index (Phi) is 3.05. The van der Waals surface area contributed by atoms with Crippen LogP contribution in [-0.4, -0.2) is 25.1 Å². The molecular weight excluding hydrogens is 244 g/mol. The minimum absolute atomic E-state index is 0.312. The van der Waals surface area contributed by atoms with Crippen LogP contribution in [0.4, 0.5) is 5.13 Å². The minimum atomic E-state index is -0.431. The summed E-state index contributed by atoms with van der Waals surface area (Å²) in [6, 6.07) is 0. The molecule has 0 radical (unpaired) electrons. The van der Waals surface area contributed by atoms with Crippen molar-refractivity contribution in [1.29, 1.82) is 0 Å². The summed E-state index contributed by atoms with van der Waals surface area (Å²) in [6.45, 7) is 0. The average Bonchev–Trinajstić information content (AvgIpc) is 2.45. The fraction of sp³-hybridized carbons (Fsp3) is 0.333. The molecule has 1 rings (SSSR count). The smallest absolute Gasteiger partial charge is 0.358 e. The highest BCUT2D eigenvalue weighted by atomic mass is 79.9. The Bertz CT molecular complexity index is 300. The van der Waals surface area contributed by atoms with Crippen LogP contribution in [-0.2, 0) is 4.74 Å². The first-order valence-corrected chi connectivity index (χ1v) is 4.72. The molecule has 1 aromatic heterocycles. The van der Waals surface area contributed by atoms with E-state index in [2.05, 4.69) is 31.0 Å². The van der Waals surface area contributed by atoms with Gasteiger partial charge in [0.25, 0.3) is 0 Å². The number of thiazole rings is 1. The van der Waals surface area contributed by atoms with Gasteiger partial charge >= 0.3 is 5.97 Å². The third kappa shape index (κ3) is 1.75. The second-order valence-electron chi connectivity index (χ2n) is 1.88. The molecule has 6 heteroatoms. The van der Waals surface area contributed by atoms with Gasteiger partial charge in [-0.15, -0.1) is 0 Å². The van der Waals surface area contributed by atoms with E-state index < -0.39 is 5.97 Å². The zero-order valence-corrected chi connectivity index (χ0v) is 8.95. The zero-order chi connectivity index (χ0) is 9.14.